The summed E-state index contributed by atoms with van der Waals surface area (Å²) < 4.78 is 0. The fourth-order valence-electron chi connectivity index (χ4n) is 2.50. The summed E-state index contributed by atoms with van der Waals surface area (Å²) >= 11 is 0. The normalized spacial score (nSPS) is 17.0. The van der Waals surface area contributed by atoms with E-state index in [1.165, 1.54) is 17.7 Å². The van der Waals surface area contributed by atoms with Crippen molar-refractivity contribution in [3.63, 3.8) is 0 Å². The second-order valence-corrected chi connectivity index (χ2v) is 5.00. The van der Waals surface area contributed by atoms with Gasteiger partial charge in [-0.2, -0.15) is 0 Å². The molecule has 1 aliphatic rings. The van der Waals surface area contributed by atoms with Gasteiger partial charge in [-0.15, -0.1) is 0 Å². The highest BCUT2D eigenvalue weighted by molar-refractivity contribution is 5.70. The molecule has 0 amide bonds. The molecule has 0 spiro atoms. The Bertz CT molecular complexity index is 529. The third kappa shape index (κ3) is 3.42. The second kappa shape index (κ2) is 7.15. The summed E-state index contributed by atoms with van der Waals surface area (Å²) in [7, 11) is 0. The zero-order valence-electron chi connectivity index (χ0n) is 12.5. The number of rotatable bonds is 4. The number of allylic oxidation sites excluding steroid dienone is 5. The molecule has 1 aromatic heterocycles. The number of aromatic nitrogens is 2. The van der Waals surface area contributed by atoms with Crippen molar-refractivity contribution in [1.82, 2.24) is 14.9 Å². The first kappa shape index (κ1) is 14.7. The van der Waals surface area contributed by atoms with E-state index in [1.807, 2.05) is 31.3 Å². The summed E-state index contributed by atoms with van der Waals surface area (Å²) in [5.41, 5.74) is 3.49. The van der Waals surface area contributed by atoms with E-state index in [0.717, 1.165) is 37.5 Å². The third-order valence-electron chi connectivity index (χ3n) is 3.59. The highest BCUT2D eigenvalue weighted by Gasteiger charge is 2.15. The summed E-state index contributed by atoms with van der Waals surface area (Å²) in [6, 6.07) is 0. The molecule has 0 radical (unpaired) electrons. The van der Waals surface area contributed by atoms with Crippen LogP contribution in [-0.2, 0) is 13.0 Å². The van der Waals surface area contributed by atoms with E-state index in [2.05, 4.69) is 23.4 Å². The Hall–Kier alpha value is -1.74. The van der Waals surface area contributed by atoms with E-state index >= 15 is 0 Å². The number of fused-ring (bicyclic) bond motifs is 1. The number of nitrogens with zero attached hydrogens (tertiary/aromatic N) is 3. The van der Waals surface area contributed by atoms with Crippen molar-refractivity contribution in [1.29, 1.82) is 0 Å². The topological polar surface area (TPSA) is 29.0 Å². The smallest absolute Gasteiger partial charge is 0.159 e. The molecular weight excluding hydrogens is 246 g/mol. The first-order chi connectivity index (χ1) is 9.78. The molecule has 0 saturated carbocycles. The van der Waals surface area contributed by atoms with Crippen LogP contribution in [-0.4, -0.2) is 28.0 Å². The SMILES string of the molecule is C=C/C=C(\C=C/C)c1ncc2c(n1)CCCN(CC)C2. The Morgan fingerprint density at radius 1 is 1.50 bits per heavy atom. The highest BCUT2D eigenvalue weighted by Crippen LogP contribution is 2.19. The van der Waals surface area contributed by atoms with Gasteiger partial charge >= 0.3 is 0 Å². The van der Waals surface area contributed by atoms with Crippen LogP contribution < -0.4 is 0 Å². The summed E-state index contributed by atoms with van der Waals surface area (Å²) in [5.74, 6) is 0.798. The lowest BCUT2D eigenvalue weighted by Crippen LogP contribution is -2.22. The largest absolute Gasteiger partial charge is 0.299 e. The van der Waals surface area contributed by atoms with Gasteiger partial charge in [0, 0.05) is 29.6 Å². The van der Waals surface area contributed by atoms with Gasteiger partial charge in [-0.3, -0.25) is 4.90 Å². The van der Waals surface area contributed by atoms with Crippen LogP contribution in [0.3, 0.4) is 0 Å². The van der Waals surface area contributed by atoms with Gasteiger partial charge in [-0.1, -0.05) is 37.8 Å². The molecule has 0 saturated heterocycles. The van der Waals surface area contributed by atoms with E-state index in [0.29, 0.717) is 0 Å². The van der Waals surface area contributed by atoms with E-state index in [9.17, 15) is 0 Å². The number of hydrogen-bond acceptors (Lipinski definition) is 3. The van der Waals surface area contributed by atoms with Crippen LogP contribution in [0.2, 0.25) is 0 Å². The molecule has 2 rings (SSSR count). The minimum atomic E-state index is 0.798. The molecule has 1 aliphatic heterocycles. The first-order valence-corrected chi connectivity index (χ1v) is 7.31. The van der Waals surface area contributed by atoms with Crippen LogP contribution in [0.15, 0.2) is 37.1 Å². The van der Waals surface area contributed by atoms with Crippen molar-refractivity contribution in [3.8, 4) is 0 Å². The minimum absolute atomic E-state index is 0.798. The van der Waals surface area contributed by atoms with Crippen LogP contribution in [0.5, 0.6) is 0 Å². The molecule has 0 fully saturated rings. The van der Waals surface area contributed by atoms with Crippen molar-refractivity contribution in [2.75, 3.05) is 13.1 Å². The Balaban J connectivity index is 2.34. The van der Waals surface area contributed by atoms with Gasteiger partial charge in [0.15, 0.2) is 5.82 Å². The highest BCUT2D eigenvalue weighted by atomic mass is 15.1. The summed E-state index contributed by atoms with van der Waals surface area (Å²) in [5, 5.41) is 0. The molecule has 3 nitrogen and oxygen atoms in total. The second-order valence-electron chi connectivity index (χ2n) is 5.00. The van der Waals surface area contributed by atoms with Crippen molar-refractivity contribution in [2.24, 2.45) is 0 Å². The zero-order valence-corrected chi connectivity index (χ0v) is 12.5. The van der Waals surface area contributed by atoms with Crippen LogP contribution in [0.4, 0.5) is 0 Å². The minimum Gasteiger partial charge on any atom is -0.299 e. The van der Waals surface area contributed by atoms with Crippen LogP contribution in [0.1, 0.15) is 37.4 Å². The van der Waals surface area contributed by atoms with Gasteiger partial charge in [-0.05, 0) is 32.9 Å². The molecule has 0 N–H and O–H groups in total. The average molecular weight is 269 g/mol. The van der Waals surface area contributed by atoms with Gasteiger partial charge in [0.05, 0.1) is 0 Å². The molecule has 2 heterocycles. The molecule has 106 valence electrons. The predicted molar refractivity (Wildman–Crippen MR) is 84.3 cm³/mol. The van der Waals surface area contributed by atoms with E-state index < -0.39 is 0 Å². The maximum absolute atomic E-state index is 4.77. The predicted octanol–water partition coefficient (Wildman–Crippen LogP) is 3.39. The quantitative estimate of drug-likeness (QED) is 0.785. The average Bonchev–Trinajstić information content (AvgIpc) is 2.68. The maximum atomic E-state index is 4.77. The number of hydrogen-bond donors (Lipinski definition) is 0. The fraction of sp³-hybridized carbons (Fsp3) is 0.412. The Labute approximate surface area is 121 Å². The molecule has 1 aromatic rings. The van der Waals surface area contributed by atoms with E-state index in [-0.39, 0.29) is 0 Å². The molecule has 0 aromatic carbocycles. The lowest BCUT2D eigenvalue weighted by Gasteiger charge is -2.17. The van der Waals surface area contributed by atoms with Gasteiger partial charge in [0.25, 0.3) is 0 Å². The maximum Gasteiger partial charge on any atom is 0.159 e. The summed E-state index contributed by atoms with van der Waals surface area (Å²) in [6.45, 7) is 11.2. The lowest BCUT2D eigenvalue weighted by molar-refractivity contribution is 0.284. The van der Waals surface area contributed by atoms with Gasteiger partial charge in [0.1, 0.15) is 0 Å². The zero-order chi connectivity index (χ0) is 14.4. The van der Waals surface area contributed by atoms with Crippen LogP contribution >= 0.6 is 0 Å². The van der Waals surface area contributed by atoms with Crippen molar-refractivity contribution in [3.05, 3.63) is 54.2 Å². The number of aryl methyl sites for hydroxylation is 1. The molecule has 0 atom stereocenters. The Morgan fingerprint density at radius 2 is 2.35 bits per heavy atom. The molecule has 0 bridgehead atoms. The van der Waals surface area contributed by atoms with Crippen LogP contribution in [0, 0.1) is 0 Å². The Kier molecular flexibility index (Phi) is 5.24. The Morgan fingerprint density at radius 3 is 3.05 bits per heavy atom. The van der Waals surface area contributed by atoms with E-state index in [4.69, 9.17) is 4.98 Å². The van der Waals surface area contributed by atoms with Crippen molar-refractivity contribution < 1.29 is 0 Å². The first-order valence-electron chi connectivity index (χ1n) is 7.31. The molecule has 0 unspecified atom stereocenters. The molecule has 20 heavy (non-hydrogen) atoms. The van der Waals surface area contributed by atoms with E-state index in [1.54, 1.807) is 6.08 Å². The summed E-state index contributed by atoms with van der Waals surface area (Å²) in [4.78, 5) is 11.8. The molecule has 0 aliphatic carbocycles. The van der Waals surface area contributed by atoms with Gasteiger partial charge in [-0.25, -0.2) is 9.97 Å². The summed E-state index contributed by atoms with van der Waals surface area (Å²) in [6.07, 6.45) is 12.0. The lowest BCUT2D eigenvalue weighted by atomic mass is 10.1. The third-order valence-corrected chi connectivity index (χ3v) is 3.59. The van der Waals surface area contributed by atoms with Gasteiger partial charge in [0.2, 0.25) is 0 Å². The van der Waals surface area contributed by atoms with Crippen molar-refractivity contribution in [2.45, 2.75) is 33.2 Å². The van der Waals surface area contributed by atoms with Crippen molar-refractivity contribution >= 4 is 5.57 Å². The van der Waals surface area contributed by atoms with Gasteiger partial charge < -0.3 is 0 Å². The molecule has 3 heteroatoms. The molecular formula is C17H23N3. The van der Waals surface area contributed by atoms with Crippen LogP contribution in [0.25, 0.3) is 5.57 Å². The monoisotopic (exact) mass is 269 g/mol. The fourth-order valence-corrected chi connectivity index (χ4v) is 2.50. The standard InChI is InChI=1S/C17H23N3/c1-4-8-14(9-5-2)17-18-12-15-13-20(6-3)11-7-10-16(15)19-17/h4-5,8-9,12H,1,6-7,10-11,13H2,2-3H3/b9-5-,14-8+.